The van der Waals surface area contributed by atoms with Crippen molar-refractivity contribution in [3.05, 3.63) is 42.1 Å². The first kappa shape index (κ1) is 13.9. The molecule has 0 bridgehead atoms. The van der Waals surface area contributed by atoms with Crippen LogP contribution in [0.5, 0.6) is 0 Å². The van der Waals surface area contributed by atoms with E-state index in [4.69, 9.17) is 4.42 Å². The minimum atomic E-state index is -0.662. The third-order valence-electron chi connectivity index (χ3n) is 3.88. The second-order valence-electron chi connectivity index (χ2n) is 5.76. The van der Waals surface area contributed by atoms with Crippen LogP contribution in [0.1, 0.15) is 36.1 Å². The normalized spacial score (nSPS) is 17.9. The lowest BCUT2D eigenvalue weighted by Crippen LogP contribution is -2.45. The van der Waals surface area contributed by atoms with Crippen LogP contribution in [0, 0.1) is 0 Å². The Morgan fingerprint density at radius 2 is 2.19 bits per heavy atom. The Balaban J connectivity index is 1.64. The van der Waals surface area contributed by atoms with Crippen molar-refractivity contribution in [2.45, 2.75) is 31.9 Å². The van der Waals surface area contributed by atoms with Crippen LogP contribution in [0.4, 0.5) is 0 Å². The van der Waals surface area contributed by atoms with Gasteiger partial charge < -0.3 is 14.4 Å². The standard InChI is InChI=1S/C15H19N3O3/c1-15(20)5-9-17(10-6-15)14(19)13-4-3-12(21-13)11-18-8-2-7-16-18/h2-4,7-8,20H,5-6,9-11H2,1H3. The molecule has 3 heterocycles. The Hall–Kier alpha value is -2.08. The molecule has 112 valence electrons. The van der Waals surface area contributed by atoms with E-state index in [0.717, 1.165) is 0 Å². The summed E-state index contributed by atoms with van der Waals surface area (Å²) >= 11 is 0. The van der Waals surface area contributed by atoms with Gasteiger partial charge in [-0.2, -0.15) is 5.10 Å². The lowest BCUT2D eigenvalue weighted by Gasteiger charge is -2.35. The molecule has 21 heavy (non-hydrogen) atoms. The number of carbonyl (C=O) groups excluding carboxylic acids is 1. The topological polar surface area (TPSA) is 71.5 Å². The quantitative estimate of drug-likeness (QED) is 0.929. The van der Waals surface area contributed by atoms with Gasteiger partial charge in [-0.05, 0) is 38.0 Å². The molecule has 0 unspecified atom stereocenters. The van der Waals surface area contributed by atoms with Crippen LogP contribution in [-0.4, -0.2) is 44.4 Å². The van der Waals surface area contributed by atoms with Gasteiger partial charge in [0.25, 0.3) is 5.91 Å². The molecule has 0 saturated carbocycles. The third kappa shape index (κ3) is 3.16. The summed E-state index contributed by atoms with van der Waals surface area (Å²) in [6.07, 6.45) is 4.74. The number of amides is 1. The molecule has 1 amide bonds. The van der Waals surface area contributed by atoms with Gasteiger partial charge >= 0.3 is 0 Å². The van der Waals surface area contributed by atoms with Gasteiger partial charge in [-0.15, -0.1) is 0 Å². The molecule has 6 nitrogen and oxygen atoms in total. The Labute approximate surface area is 123 Å². The highest BCUT2D eigenvalue weighted by molar-refractivity contribution is 5.91. The molecular formula is C15H19N3O3. The van der Waals surface area contributed by atoms with Crippen molar-refractivity contribution in [1.29, 1.82) is 0 Å². The average Bonchev–Trinajstić information content (AvgIpc) is 3.10. The molecule has 1 fully saturated rings. The highest BCUT2D eigenvalue weighted by Gasteiger charge is 2.30. The third-order valence-corrected chi connectivity index (χ3v) is 3.88. The summed E-state index contributed by atoms with van der Waals surface area (Å²) < 4.78 is 7.35. The highest BCUT2D eigenvalue weighted by Crippen LogP contribution is 2.23. The van der Waals surface area contributed by atoms with Crippen molar-refractivity contribution in [3.63, 3.8) is 0 Å². The monoisotopic (exact) mass is 289 g/mol. The summed E-state index contributed by atoms with van der Waals surface area (Å²) in [5.74, 6) is 0.932. The van der Waals surface area contributed by atoms with Gasteiger partial charge in [0.15, 0.2) is 5.76 Å². The van der Waals surface area contributed by atoms with Gasteiger partial charge in [-0.3, -0.25) is 9.48 Å². The van der Waals surface area contributed by atoms with Gasteiger partial charge in [0.1, 0.15) is 5.76 Å². The van der Waals surface area contributed by atoms with Gasteiger partial charge in [-0.1, -0.05) is 0 Å². The predicted molar refractivity (Wildman–Crippen MR) is 75.8 cm³/mol. The summed E-state index contributed by atoms with van der Waals surface area (Å²) in [6.45, 7) is 3.43. The molecule has 3 rings (SSSR count). The maximum Gasteiger partial charge on any atom is 0.289 e. The first-order valence-corrected chi connectivity index (χ1v) is 7.11. The Kier molecular flexibility index (Phi) is 3.55. The van der Waals surface area contributed by atoms with E-state index in [9.17, 15) is 9.90 Å². The van der Waals surface area contributed by atoms with Crippen molar-refractivity contribution in [3.8, 4) is 0 Å². The Bertz CT molecular complexity index is 606. The van der Waals surface area contributed by atoms with E-state index in [1.807, 2.05) is 19.2 Å². The molecule has 0 radical (unpaired) electrons. The van der Waals surface area contributed by atoms with Crippen LogP contribution >= 0.6 is 0 Å². The number of aliphatic hydroxyl groups is 1. The maximum absolute atomic E-state index is 12.4. The number of hydrogen-bond donors (Lipinski definition) is 1. The van der Waals surface area contributed by atoms with Crippen LogP contribution in [-0.2, 0) is 6.54 Å². The van der Waals surface area contributed by atoms with Crippen LogP contribution in [0.3, 0.4) is 0 Å². The molecule has 1 saturated heterocycles. The lowest BCUT2D eigenvalue weighted by molar-refractivity contribution is -0.00293. The summed E-state index contributed by atoms with van der Waals surface area (Å²) in [5, 5.41) is 14.0. The number of furan rings is 1. The first-order valence-electron chi connectivity index (χ1n) is 7.11. The molecule has 1 N–H and O–H groups in total. The summed E-state index contributed by atoms with van der Waals surface area (Å²) in [5.41, 5.74) is -0.662. The summed E-state index contributed by atoms with van der Waals surface area (Å²) in [4.78, 5) is 14.1. The zero-order chi connectivity index (χ0) is 14.9. The van der Waals surface area contributed by atoms with E-state index in [-0.39, 0.29) is 5.91 Å². The maximum atomic E-state index is 12.4. The number of rotatable bonds is 3. The molecule has 0 atom stereocenters. The first-order chi connectivity index (χ1) is 10.0. The van der Waals surface area contributed by atoms with E-state index in [2.05, 4.69) is 5.10 Å². The van der Waals surface area contributed by atoms with Crippen molar-refractivity contribution in [2.75, 3.05) is 13.1 Å². The lowest BCUT2D eigenvalue weighted by atomic mass is 9.94. The van der Waals surface area contributed by atoms with E-state index in [1.54, 1.807) is 27.9 Å². The highest BCUT2D eigenvalue weighted by atomic mass is 16.4. The molecule has 1 aliphatic rings. The summed E-state index contributed by atoms with van der Waals surface area (Å²) in [6, 6.07) is 5.34. The largest absolute Gasteiger partial charge is 0.454 e. The molecule has 1 aliphatic heterocycles. The zero-order valence-corrected chi connectivity index (χ0v) is 12.0. The molecule has 2 aromatic rings. The van der Waals surface area contributed by atoms with Crippen LogP contribution in [0.25, 0.3) is 0 Å². The smallest absolute Gasteiger partial charge is 0.289 e. The van der Waals surface area contributed by atoms with Crippen molar-refractivity contribution >= 4 is 5.91 Å². The van der Waals surface area contributed by atoms with Crippen molar-refractivity contribution < 1.29 is 14.3 Å². The van der Waals surface area contributed by atoms with Gasteiger partial charge in [0, 0.05) is 25.5 Å². The number of aromatic nitrogens is 2. The van der Waals surface area contributed by atoms with Crippen molar-refractivity contribution in [2.24, 2.45) is 0 Å². The molecule has 0 aliphatic carbocycles. The van der Waals surface area contributed by atoms with E-state index >= 15 is 0 Å². The van der Waals surface area contributed by atoms with E-state index < -0.39 is 5.60 Å². The molecule has 0 spiro atoms. The molecule has 6 heteroatoms. The van der Waals surface area contributed by atoms with E-state index in [1.165, 1.54) is 0 Å². The van der Waals surface area contributed by atoms with Gasteiger partial charge in [0.05, 0.1) is 12.1 Å². The molecule has 2 aromatic heterocycles. The van der Waals surface area contributed by atoms with Crippen molar-refractivity contribution in [1.82, 2.24) is 14.7 Å². The number of hydrogen-bond acceptors (Lipinski definition) is 4. The van der Waals surface area contributed by atoms with Crippen LogP contribution < -0.4 is 0 Å². The van der Waals surface area contributed by atoms with Gasteiger partial charge in [0.2, 0.25) is 0 Å². The van der Waals surface area contributed by atoms with Crippen LogP contribution in [0.15, 0.2) is 35.0 Å². The fraction of sp³-hybridized carbons (Fsp3) is 0.467. The fourth-order valence-corrected chi connectivity index (χ4v) is 2.48. The Morgan fingerprint density at radius 3 is 2.86 bits per heavy atom. The number of carbonyl (C=O) groups is 1. The second kappa shape index (κ2) is 5.37. The average molecular weight is 289 g/mol. The fourth-order valence-electron chi connectivity index (χ4n) is 2.48. The molecule has 0 aromatic carbocycles. The Morgan fingerprint density at radius 1 is 1.43 bits per heavy atom. The summed E-state index contributed by atoms with van der Waals surface area (Å²) in [7, 11) is 0. The second-order valence-corrected chi connectivity index (χ2v) is 5.76. The van der Waals surface area contributed by atoms with Gasteiger partial charge in [-0.25, -0.2) is 0 Å². The number of piperidine rings is 1. The minimum Gasteiger partial charge on any atom is -0.454 e. The molecular weight excluding hydrogens is 270 g/mol. The van der Waals surface area contributed by atoms with Crippen LogP contribution in [0.2, 0.25) is 0 Å². The predicted octanol–water partition coefficient (Wildman–Crippen LogP) is 1.51. The van der Waals surface area contributed by atoms with E-state index in [0.29, 0.717) is 44.0 Å². The zero-order valence-electron chi connectivity index (χ0n) is 12.0. The number of likely N-dealkylation sites (tertiary alicyclic amines) is 1. The SMILES string of the molecule is CC1(O)CCN(C(=O)c2ccc(Cn3cccn3)o2)CC1. The minimum absolute atomic E-state index is 0.114. The number of nitrogens with zero attached hydrogens (tertiary/aromatic N) is 3.